The van der Waals surface area contributed by atoms with E-state index in [0.717, 1.165) is 5.52 Å². The molecule has 0 unspecified atom stereocenters. The second kappa shape index (κ2) is 5.65. The van der Waals surface area contributed by atoms with Crippen molar-refractivity contribution in [2.75, 3.05) is 0 Å². The quantitative estimate of drug-likeness (QED) is 0.609. The van der Waals surface area contributed by atoms with E-state index in [-0.39, 0.29) is 5.54 Å². The van der Waals surface area contributed by atoms with Crippen molar-refractivity contribution in [1.82, 2.24) is 14.5 Å². The number of hydrogen-bond acceptors (Lipinski definition) is 2. The summed E-state index contributed by atoms with van der Waals surface area (Å²) in [5, 5.41) is 1.20. The van der Waals surface area contributed by atoms with Crippen LogP contribution in [-0.2, 0) is 5.54 Å². The highest BCUT2D eigenvalue weighted by atomic mass is 15.1. The van der Waals surface area contributed by atoms with Gasteiger partial charge < -0.3 is 4.57 Å². The molecule has 0 saturated heterocycles. The molecular formula is C16H19N3. The molecular weight excluding hydrogens is 234 g/mol. The Morgan fingerprint density at radius 3 is 2.26 bits per heavy atom. The molecule has 1 aromatic carbocycles. The second-order valence-electron chi connectivity index (χ2n) is 5.34. The number of rotatable bonds is 0. The number of hydrogen-bond donors (Lipinski definition) is 0. The topological polar surface area (TPSA) is 30.7 Å². The van der Waals surface area contributed by atoms with Crippen LogP contribution in [0.15, 0.2) is 61.3 Å². The van der Waals surface area contributed by atoms with E-state index in [9.17, 15) is 0 Å². The predicted octanol–water partition coefficient (Wildman–Crippen LogP) is 3.87. The first-order valence-corrected chi connectivity index (χ1v) is 6.35. The van der Waals surface area contributed by atoms with Gasteiger partial charge in [-0.1, -0.05) is 24.3 Å². The van der Waals surface area contributed by atoms with Crippen LogP contribution in [0.3, 0.4) is 0 Å². The maximum atomic E-state index is 4.18. The molecule has 0 aliphatic rings. The molecule has 3 rings (SSSR count). The maximum absolute atomic E-state index is 4.18. The van der Waals surface area contributed by atoms with Gasteiger partial charge in [-0.05, 0) is 32.9 Å². The summed E-state index contributed by atoms with van der Waals surface area (Å²) in [6, 6.07) is 12.1. The molecule has 0 atom stereocenters. The van der Waals surface area contributed by atoms with Crippen molar-refractivity contribution in [2.45, 2.75) is 26.3 Å². The molecule has 0 aliphatic heterocycles. The van der Waals surface area contributed by atoms with Crippen LogP contribution in [-0.4, -0.2) is 14.5 Å². The Morgan fingerprint density at radius 2 is 1.68 bits per heavy atom. The van der Waals surface area contributed by atoms with E-state index in [1.807, 2.05) is 43.0 Å². The van der Waals surface area contributed by atoms with Gasteiger partial charge in [0.25, 0.3) is 0 Å². The van der Waals surface area contributed by atoms with Gasteiger partial charge in [0.05, 0.1) is 11.8 Å². The Hall–Kier alpha value is -2.16. The Bertz CT molecular complexity index is 556. The van der Waals surface area contributed by atoms with Gasteiger partial charge in [0, 0.05) is 29.5 Å². The lowest BCUT2D eigenvalue weighted by molar-refractivity contribution is 0.396. The highest BCUT2D eigenvalue weighted by Gasteiger charge is 2.09. The molecule has 0 aliphatic carbocycles. The van der Waals surface area contributed by atoms with E-state index >= 15 is 0 Å². The summed E-state index contributed by atoms with van der Waals surface area (Å²) in [6.07, 6.45) is 7.41. The number of imidazole rings is 1. The molecule has 0 amide bonds. The summed E-state index contributed by atoms with van der Waals surface area (Å²) in [6.45, 7) is 6.44. The van der Waals surface area contributed by atoms with E-state index in [1.54, 1.807) is 6.20 Å². The van der Waals surface area contributed by atoms with E-state index in [1.165, 1.54) is 5.39 Å². The number of aromatic nitrogens is 3. The summed E-state index contributed by atoms with van der Waals surface area (Å²) in [7, 11) is 0. The van der Waals surface area contributed by atoms with Crippen LogP contribution in [0.25, 0.3) is 10.9 Å². The molecule has 0 N–H and O–H groups in total. The molecule has 2 heterocycles. The SMILES string of the molecule is CC(C)(C)n1ccnc1.c1ccc2ncccc2c1. The third-order valence-electron chi connectivity index (χ3n) is 2.79. The fourth-order valence-electron chi connectivity index (χ4n) is 1.67. The van der Waals surface area contributed by atoms with Crippen LogP contribution in [0.1, 0.15) is 20.8 Å². The van der Waals surface area contributed by atoms with Gasteiger partial charge in [-0.25, -0.2) is 4.98 Å². The fourth-order valence-corrected chi connectivity index (χ4v) is 1.67. The standard InChI is InChI=1S/C9H7N.C7H12N2/c1-2-6-9-8(4-1)5-3-7-10-9;1-7(2,3)9-5-4-8-6-9/h1-7H;4-6H,1-3H3. The van der Waals surface area contributed by atoms with Crippen molar-refractivity contribution in [1.29, 1.82) is 0 Å². The van der Waals surface area contributed by atoms with Gasteiger partial charge >= 0.3 is 0 Å². The number of nitrogens with zero attached hydrogens (tertiary/aromatic N) is 3. The third-order valence-corrected chi connectivity index (χ3v) is 2.79. The minimum atomic E-state index is 0.177. The molecule has 0 radical (unpaired) electrons. The smallest absolute Gasteiger partial charge is 0.0950 e. The summed E-state index contributed by atoms with van der Waals surface area (Å²) < 4.78 is 2.08. The molecule has 0 spiro atoms. The van der Waals surface area contributed by atoms with E-state index in [4.69, 9.17) is 0 Å². The van der Waals surface area contributed by atoms with Gasteiger partial charge in [0.1, 0.15) is 0 Å². The molecule has 0 bridgehead atoms. The van der Waals surface area contributed by atoms with Crippen LogP contribution in [0.5, 0.6) is 0 Å². The highest BCUT2D eigenvalue weighted by Crippen LogP contribution is 2.11. The van der Waals surface area contributed by atoms with Crippen LogP contribution < -0.4 is 0 Å². The monoisotopic (exact) mass is 253 g/mol. The Labute approximate surface area is 113 Å². The van der Waals surface area contributed by atoms with Crippen molar-refractivity contribution in [2.24, 2.45) is 0 Å². The zero-order chi connectivity index (χ0) is 13.7. The lowest BCUT2D eigenvalue weighted by Gasteiger charge is -2.19. The van der Waals surface area contributed by atoms with Crippen LogP contribution in [0, 0.1) is 0 Å². The first-order valence-electron chi connectivity index (χ1n) is 6.35. The number of fused-ring (bicyclic) bond motifs is 1. The van der Waals surface area contributed by atoms with Crippen molar-refractivity contribution in [3.63, 3.8) is 0 Å². The van der Waals surface area contributed by atoms with Gasteiger partial charge in [-0.2, -0.15) is 0 Å². The largest absolute Gasteiger partial charge is 0.332 e. The van der Waals surface area contributed by atoms with Crippen LogP contribution in [0.4, 0.5) is 0 Å². The minimum Gasteiger partial charge on any atom is -0.332 e. The molecule has 19 heavy (non-hydrogen) atoms. The van der Waals surface area contributed by atoms with Crippen molar-refractivity contribution < 1.29 is 0 Å². The number of benzene rings is 1. The summed E-state index contributed by atoms with van der Waals surface area (Å²) in [5.74, 6) is 0. The normalized spacial score (nSPS) is 10.9. The van der Waals surface area contributed by atoms with Gasteiger partial charge in [0.15, 0.2) is 0 Å². The first kappa shape index (κ1) is 13.3. The van der Waals surface area contributed by atoms with Crippen molar-refractivity contribution >= 4 is 10.9 Å². The average molecular weight is 253 g/mol. The van der Waals surface area contributed by atoms with E-state index in [2.05, 4.69) is 47.4 Å². The van der Waals surface area contributed by atoms with Gasteiger partial charge in [-0.15, -0.1) is 0 Å². The molecule has 0 saturated carbocycles. The first-order chi connectivity index (χ1) is 9.07. The van der Waals surface area contributed by atoms with Gasteiger partial charge in [0.2, 0.25) is 0 Å². The fraction of sp³-hybridized carbons (Fsp3) is 0.250. The third kappa shape index (κ3) is 3.65. The highest BCUT2D eigenvalue weighted by molar-refractivity contribution is 5.77. The van der Waals surface area contributed by atoms with E-state index < -0.39 is 0 Å². The zero-order valence-electron chi connectivity index (χ0n) is 11.6. The number of para-hydroxylation sites is 1. The molecule has 0 fully saturated rings. The van der Waals surface area contributed by atoms with Crippen molar-refractivity contribution in [3.8, 4) is 0 Å². The summed E-state index contributed by atoms with van der Waals surface area (Å²) in [5.41, 5.74) is 1.24. The number of pyridine rings is 1. The molecule has 2 aromatic heterocycles. The molecule has 3 heteroatoms. The summed E-state index contributed by atoms with van der Waals surface area (Å²) >= 11 is 0. The lowest BCUT2D eigenvalue weighted by atomic mass is 10.1. The predicted molar refractivity (Wildman–Crippen MR) is 79.0 cm³/mol. The minimum absolute atomic E-state index is 0.177. The van der Waals surface area contributed by atoms with Crippen molar-refractivity contribution in [3.05, 3.63) is 61.3 Å². The molecule has 98 valence electrons. The zero-order valence-corrected chi connectivity index (χ0v) is 11.6. The summed E-state index contributed by atoms with van der Waals surface area (Å²) in [4.78, 5) is 8.13. The lowest BCUT2D eigenvalue weighted by Crippen LogP contribution is -2.19. The maximum Gasteiger partial charge on any atom is 0.0950 e. The molecule has 3 aromatic rings. The Kier molecular flexibility index (Phi) is 3.95. The Balaban J connectivity index is 0.000000141. The molecule has 3 nitrogen and oxygen atoms in total. The van der Waals surface area contributed by atoms with E-state index in [0.29, 0.717) is 0 Å². The van der Waals surface area contributed by atoms with Crippen LogP contribution >= 0.6 is 0 Å². The average Bonchev–Trinajstić information content (AvgIpc) is 2.93. The van der Waals surface area contributed by atoms with Gasteiger partial charge in [-0.3, -0.25) is 4.98 Å². The second-order valence-corrected chi connectivity index (χ2v) is 5.34. The van der Waals surface area contributed by atoms with Crippen LogP contribution in [0.2, 0.25) is 0 Å². The Morgan fingerprint density at radius 1 is 0.947 bits per heavy atom.